The molecular formula is C16H23N3O3S2. The molecule has 0 N–H and O–H groups in total. The Hall–Kier alpha value is -1.12. The van der Waals surface area contributed by atoms with Gasteiger partial charge in [0.2, 0.25) is 5.91 Å². The highest BCUT2D eigenvalue weighted by atomic mass is 32.2. The fourth-order valence-electron chi connectivity index (χ4n) is 2.98. The number of thioether (sulfide) groups is 1. The van der Waals surface area contributed by atoms with E-state index in [-0.39, 0.29) is 17.9 Å². The lowest BCUT2D eigenvalue weighted by Crippen LogP contribution is -2.53. The Kier molecular flexibility index (Phi) is 6.13. The smallest absolute Gasteiger partial charge is 0.251 e. The van der Waals surface area contributed by atoms with E-state index in [1.807, 2.05) is 15.2 Å². The zero-order chi connectivity index (χ0) is 16.9. The number of ether oxygens (including phenoxy) is 1. The number of carbonyl (C=O) groups excluding carboxylic acids is 2. The number of thiazole rings is 1. The van der Waals surface area contributed by atoms with Crippen LogP contribution in [0.3, 0.4) is 0 Å². The van der Waals surface area contributed by atoms with Gasteiger partial charge in [0.25, 0.3) is 5.91 Å². The zero-order valence-electron chi connectivity index (χ0n) is 13.9. The Morgan fingerprint density at radius 1 is 1.33 bits per heavy atom. The first kappa shape index (κ1) is 17.7. The van der Waals surface area contributed by atoms with Gasteiger partial charge in [0.15, 0.2) is 0 Å². The summed E-state index contributed by atoms with van der Waals surface area (Å²) in [5.41, 5.74) is 0.846. The van der Waals surface area contributed by atoms with E-state index in [2.05, 4.69) is 11.9 Å². The van der Waals surface area contributed by atoms with Crippen LogP contribution in [0.4, 0.5) is 0 Å². The van der Waals surface area contributed by atoms with Gasteiger partial charge in [0.1, 0.15) is 10.4 Å². The maximum absolute atomic E-state index is 12.4. The van der Waals surface area contributed by atoms with Crippen molar-refractivity contribution in [1.82, 2.24) is 14.8 Å². The van der Waals surface area contributed by atoms with Gasteiger partial charge in [-0.15, -0.1) is 11.3 Å². The molecule has 0 radical (unpaired) electrons. The fraction of sp³-hybridized carbons (Fsp3) is 0.688. The SMILES string of the molecule is CCSc1nc(CC(=O)N2CCN(C(=O)[C@@H]3CCCO3)CC2)cs1. The molecule has 2 fully saturated rings. The maximum atomic E-state index is 12.4. The highest BCUT2D eigenvalue weighted by molar-refractivity contribution is 8.00. The highest BCUT2D eigenvalue weighted by Crippen LogP contribution is 2.22. The van der Waals surface area contributed by atoms with Crippen LogP contribution < -0.4 is 0 Å². The van der Waals surface area contributed by atoms with Crippen molar-refractivity contribution in [2.45, 2.75) is 36.6 Å². The second-order valence-corrected chi connectivity index (χ2v) is 8.29. The second kappa shape index (κ2) is 8.31. The summed E-state index contributed by atoms with van der Waals surface area (Å²) in [5, 5.41) is 1.97. The summed E-state index contributed by atoms with van der Waals surface area (Å²) >= 11 is 3.30. The molecule has 1 atom stereocenters. The third-order valence-electron chi connectivity index (χ3n) is 4.28. The number of aromatic nitrogens is 1. The van der Waals surface area contributed by atoms with Gasteiger partial charge in [-0.3, -0.25) is 9.59 Å². The van der Waals surface area contributed by atoms with Crippen LogP contribution in [0.2, 0.25) is 0 Å². The quantitative estimate of drug-likeness (QED) is 0.739. The largest absolute Gasteiger partial charge is 0.368 e. The van der Waals surface area contributed by atoms with Crippen molar-refractivity contribution in [1.29, 1.82) is 0 Å². The van der Waals surface area contributed by atoms with Gasteiger partial charge in [-0.25, -0.2) is 4.98 Å². The van der Waals surface area contributed by atoms with Crippen LogP contribution in [0.25, 0.3) is 0 Å². The van der Waals surface area contributed by atoms with Crippen LogP contribution in [0.15, 0.2) is 9.72 Å². The topological polar surface area (TPSA) is 62.7 Å². The average Bonchev–Trinajstić information content (AvgIpc) is 3.27. The Labute approximate surface area is 150 Å². The van der Waals surface area contributed by atoms with Crippen molar-refractivity contribution in [2.75, 3.05) is 38.5 Å². The molecule has 0 aliphatic carbocycles. The first-order chi connectivity index (χ1) is 11.7. The van der Waals surface area contributed by atoms with Crippen LogP contribution in [-0.4, -0.2) is 71.2 Å². The molecule has 0 unspecified atom stereocenters. The van der Waals surface area contributed by atoms with Gasteiger partial charge in [-0.2, -0.15) is 0 Å². The summed E-state index contributed by atoms with van der Waals surface area (Å²) in [6.07, 6.45) is 1.86. The summed E-state index contributed by atoms with van der Waals surface area (Å²) in [4.78, 5) is 32.9. The summed E-state index contributed by atoms with van der Waals surface area (Å²) in [6.45, 7) is 5.15. The molecule has 24 heavy (non-hydrogen) atoms. The number of nitrogens with zero attached hydrogens (tertiary/aromatic N) is 3. The Morgan fingerprint density at radius 3 is 2.75 bits per heavy atom. The molecule has 1 aromatic heterocycles. The number of rotatable bonds is 5. The summed E-state index contributed by atoms with van der Waals surface area (Å²) in [6, 6.07) is 0. The molecule has 1 aromatic rings. The van der Waals surface area contributed by atoms with Gasteiger partial charge in [0.05, 0.1) is 12.1 Å². The lowest BCUT2D eigenvalue weighted by Gasteiger charge is -2.35. The van der Waals surface area contributed by atoms with Crippen LogP contribution in [0, 0.1) is 0 Å². The monoisotopic (exact) mass is 369 g/mol. The standard InChI is InChI=1S/C16H23N3O3S2/c1-2-23-16-17-12(11-24-16)10-14(20)18-5-7-19(8-6-18)15(21)13-4-3-9-22-13/h11,13H,2-10H2,1H3/t13-/m0/s1. The van der Waals surface area contributed by atoms with Gasteiger partial charge in [-0.1, -0.05) is 18.7 Å². The molecule has 132 valence electrons. The summed E-state index contributed by atoms with van der Waals surface area (Å²) in [5.74, 6) is 1.17. The van der Waals surface area contributed by atoms with Crippen molar-refractivity contribution < 1.29 is 14.3 Å². The van der Waals surface area contributed by atoms with Crippen molar-refractivity contribution in [3.8, 4) is 0 Å². The maximum Gasteiger partial charge on any atom is 0.251 e. The van der Waals surface area contributed by atoms with E-state index in [1.54, 1.807) is 23.1 Å². The van der Waals surface area contributed by atoms with Crippen molar-refractivity contribution in [2.24, 2.45) is 0 Å². The highest BCUT2D eigenvalue weighted by Gasteiger charge is 2.31. The third-order valence-corrected chi connectivity index (χ3v) is 6.23. The van der Waals surface area contributed by atoms with E-state index in [9.17, 15) is 9.59 Å². The van der Waals surface area contributed by atoms with E-state index >= 15 is 0 Å². The van der Waals surface area contributed by atoms with Crippen LogP contribution in [0.5, 0.6) is 0 Å². The minimum absolute atomic E-state index is 0.0836. The van der Waals surface area contributed by atoms with Crippen LogP contribution in [-0.2, 0) is 20.7 Å². The van der Waals surface area contributed by atoms with Gasteiger partial charge in [0, 0.05) is 38.2 Å². The lowest BCUT2D eigenvalue weighted by molar-refractivity contribution is -0.145. The molecule has 2 aliphatic heterocycles. The van der Waals surface area contributed by atoms with Crippen molar-refractivity contribution >= 4 is 34.9 Å². The second-order valence-electron chi connectivity index (χ2n) is 5.92. The molecule has 0 spiro atoms. The van der Waals surface area contributed by atoms with E-state index < -0.39 is 0 Å². The molecule has 2 saturated heterocycles. The Bertz CT molecular complexity index is 579. The Morgan fingerprint density at radius 2 is 2.08 bits per heavy atom. The molecule has 0 saturated carbocycles. The van der Waals surface area contributed by atoms with E-state index in [4.69, 9.17) is 4.74 Å². The Balaban J connectivity index is 1.46. The number of piperazine rings is 1. The molecule has 3 rings (SSSR count). The first-order valence-electron chi connectivity index (χ1n) is 8.42. The van der Waals surface area contributed by atoms with Gasteiger partial charge >= 0.3 is 0 Å². The minimum atomic E-state index is -0.267. The van der Waals surface area contributed by atoms with E-state index in [1.165, 1.54) is 0 Å². The van der Waals surface area contributed by atoms with Crippen LogP contribution in [0.1, 0.15) is 25.5 Å². The minimum Gasteiger partial charge on any atom is -0.368 e. The molecule has 3 heterocycles. The number of hydrogen-bond donors (Lipinski definition) is 0. The molecule has 0 bridgehead atoms. The molecule has 8 heteroatoms. The lowest BCUT2D eigenvalue weighted by atomic mass is 10.2. The number of amides is 2. The van der Waals surface area contributed by atoms with Crippen molar-refractivity contribution in [3.05, 3.63) is 11.1 Å². The van der Waals surface area contributed by atoms with Crippen molar-refractivity contribution in [3.63, 3.8) is 0 Å². The third kappa shape index (κ3) is 4.29. The molecule has 2 amide bonds. The first-order valence-corrected chi connectivity index (χ1v) is 10.3. The fourth-order valence-corrected chi connectivity index (χ4v) is 4.72. The summed E-state index contributed by atoms with van der Waals surface area (Å²) < 4.78 is 6.48. The normalized spacial score (nSPS) is 21.3. The zero-order valence-corrected chi connectivity index (χ0v) is 15.5. The molecule has 0 aromatic carbocycles. The molecular weight excluding hydrogens is 346 g/mol. The van der Waals surface area contributed by atoms with Crippen LogP contribution >= 0.6 is 23.1 Å². The van der Waals surface area contributed by atoms with E-state index in [0.29, 0.717) is 39.2 Å². The van der Waals surface area contributed by atoms with E-state index in [0.717, 1.165) is 28.6 Å². The predicted octanol–water partition coefficient (Wildman–Crippen LogP) is 1.65. The number of hydrogen-bond acceptors (Lipinski definition) is 6. The van der Waals surface area contributed by atoms with Gasteiger partial charge in [-0.05, 0) is 18.6 Å². The predicted molar refractivity (Wildman–Crippen MR) is 94.4 cm³/mol. The average molecular weight is 370 g/mol. The summed E-state index contributed by atoms with van der Waals surface area (Å²) in [7, 11) is 0. The molecule has 2 aliphatic rings. The number of carbonyl (C=O) groups is 2. The van der Waals surface area contributed by atoms with Gasteiger partial charge < -0.3 is 14.5 Å². The molecule has 6 nitrogen and oxygen atoms in total.